The van der Waals surface area contributed by atoms with Gasteiger partial charge in [-0.05, 0) is 55.2 Å². The van der Waals surface area contributed by atoms with Crippen LogP contribution < -0.4 is 19.5 Å². The molecule has 0 radical (unpaired) electrons. The number of benzene rings is 2. The standard InChI is InChI=1S/C21H25F2NO4/c1-15-5-3-6-17(13-15)27-12-4-7-20(25)24-11-10-16-8-9-18(28-21(22)23)19(14-16)26-2/h3,5-6,8-9,13-14,21H,4,7,10-12H2,1-2H3,(H,24,25). The second-order valence-corrected chi connectivity index (χ2v) is 6.23. The van der Waals surface area contributed by atoms with Crippen LogP contribution in [0.1, 0.15) is 24.0 Å². The van der Waals surface area contributed by atoms with Crippen molar-refractivity contribution in [1.82, 2.24) is 5.32 Å². The molecule has 0 atom stereocenters. The predicted molar refractivity (Wildman–Crippen MR) is 102 cm³/mol. The van der Waals surface area contributed by atoms with Gasteiger partial charge in [-0.25, -0.2) is 0 Å². The number of hydrogen-bond acceptors (Lipinski definition) is 4. The zero-order valence-electron chi connectivity index (χ0n) is 16.0. The van der Waals surface area contributed by atoms with Gasteiger partial charge in [0.25, 0.3) is 0 Å². The van der Waals surface area contributed by atoms with Crippen LogP contribution in [0, 0.1) is 6.92 Å². The van der Waals surface area contributed by atoms with Crippen molar-refractivity contribution >= 4 is 5.91 Å². The van der Waals surface area contributed by atoms with E-state index in [1.54, 1.807) is 12.1 Å². The van der Waals surface area contributed by atoms with Gasteiger partial charge in [-0.2, -0.15) is 8.78 Å². The number of methoxy groups -OCH3 is 1. The summed E-state index contributed by atoms with van der Waals surface area (Å²) in [6.45, 7) is -0.000932. The van der Waals surface area contributed by atoms with Crippen molar-refractivity contribution in [3.8, 4) is 17.2 Å². The Kier molecular flexibility index (Phi) is 8.52. The van der Waals surface area contributed by atoms with E-state index in [2.05, 4.69) is 10.1 Å². The first-order valence-electron chi connectivity index (χ1n) is 9.06. The summed E-state index contributed by atoms with van der Waals surface area (Å²) in [5, 5.41) is 2.84. The average molecular weight is 393 g/mol. The van der Waals surface area contributed by atoms with E-state index in [-0.39, 0.29) is 17.4 Å². The summed E-state index contributed by atoms with van der Waals surface area (Å²) in [5.74, 6) is 0.961. The molecule has 2 aromatic rings. The van der Waals surface area contributed by atoms with Crippen molar-refractivity contribution in [3.05, 3.63) is 53.6 Å². The van der Waals surface area contributed by atoms with Crippen LogP contribution >= 0.6 is 0 Å². The lowest BCUT2D eigenvalue weighted by Gasteiger charge is -2.12. The minimum absolute atomic E-state index is 0.0149. The first-order valence-corrected chi connectivity index (χ1v) is 9.06. The number of carbonyl (C=O) groups is 1. The third kappa shape index (κ3) is 7.42. The topological polar surface area (TPSA) is 56.8 Å². The number of rotatable bonds is 11. The van der Waals surface area contributed by atoms with Gasteiger partial charge < -0.3 is 19.5 Å². The molecule has 0 aliphatic heterocycles. The van der Waals surface area contributed by atoms with Gasteiger partial charge in [-0.3, -0.25) is 4.79 Å². The van der Waals surface area contributed by atoms with E-state index in [1.807, 2.05) is 31.2 Å². The highest BCUT2D eigenvalue weighted by atomic mass is 19.3. The second-order valence-electron chi connectivity index (χ2n) is 6.23. The number of carbonyl (C=O) groups excluding carboxylic acids is 1. The first kappa shape index (κ1) is 21.5. The predicted octanol–water partition coefficient (Wildman–Crippen LogP) is 4.12. The molecule has 7 heteroatoms. The highest BCUT2D eigenvalue weighted by Crippen LogP contribution is 2.29. The number of amides is 1. The monoisotopic (exact) mass is 393 g/mol. The second kappa shape index (κ2) is 11.1. The molecule has 1 N–H and O–H groups in total. The summed E-state index contributed by atoms with van der Waals surface area (Å²) >= 11 is 0. The normalized spacial score (nSPS) is 10.6. The number of alkyl halides is 2. The van der Waals surface area contributed by atoms with Crippen LogP contribution in [0.25, 0.3) is 0 Å². The Morgan fingerprint density at radius 1 is 1.14 bits per heavy atom. The zero-order valence-corrected chi connectivity index (χ0v) is 16.0. The highest BCUT2D eigenvalue weighted by Gasteiger charge is 2.11. The fraction of sp³-hybridized carbons (Fsp3) is 0.381. The van der Waals surface area contributed by atoms with Gasteiger partial charge in [0.05, 0.1) is 13.7 Å². The molecule has 2 rings (SSSR count). The largest absolute Gasteiger partial charge is 0.494 e. The maximum atomic E-state index is 12.3. The SMILES string of the molecule is COc1cc(CCNC(=O)CCCOc2cccc(C)c2)ccc1OC(F)F. The number of ether oxygens (including phenoxy) is 3. The Balaban J connectivity index is 1.67. The van der Waals surface area contributed by atoms with Gasteiger partial charge in [-0.15, -0.1) is 0 Å². The van der Waals surface area contributed by atoms with Crippen molar-refractivity contribution in [2.24, 2.45) is 0 Å². The molecule has 2 aromatic carbocycles. The van der Waals surface area contributed by atoms with E-state index in [0.717, 1.165) is 16.9 Å². The van der Waals surface area contributed by atoms with Gasteiger partial charge in [0, 0.05) is 13.0 Å². The molecule has 0 bridgehead atoms. The Morgan fingerprint density at radius 3 is 2.68 bits per heavy atom. The molecule has 1 amide bonds. The molecule has 0 fully saturated rings. The summed E-state index contributed by atoms with van der Waals surface area (Å²) in [6, 6.07) is 12.5. The lowest BCUT2D eigenvalue weighted by Crippen LogP contribution is -2.25. The summed E-state index contributed by atoms with van der Waals surface area (Å²) in [7, 11) is 1.39. The number of nitrogens with one attached hydrogen (secondary N) is 1. The molecule has 0 aliphatic rings. The van der Waals surface area contributed by atoms with Crippen molar-refractivity contribution in [2.45, 2.75) is 32.8 Å². The zero-order chi connectivity index (χ0) is 20.4. The number of hydrogen-bond donors (Lipinski definition) is 1. The third-order valence-electron chi connectivity index (χ3n) is 3.99. The van der Waals surface area contributed by atoms with E-state index in [1.165, 1.54) is 13.2 Å². The van der Waals surface area contributed by atoms with Crippen molar-refractivity contribution < 1.29 is 27.8 Å². The Hall–Kier alpha value is -2.83. The molecule has 0 aromatic heterocycles. The van der Waals surface area contributed by atoms with Crippen LogP contribution in [-0.4, -0.2) is 32.8 Å². The summed E-state index contributed by atoms with van der Waals surface area (Å²) in [4.78, 5) is 11.9. The quantitative estimate of drug-likeness (QED) is 0.584. The molecule has 152 valence electrons. The third-order valence-corrected chi connectivity index (χ3v) is 3.99. The molecule has 28 heavy (non-hydrogen) atoms. The van der Waals surface area contributed by atoms with E-state index >= 15 is 0 Å². The highest BCUT2D eigenvalue weighted by molar-refractivity contribution is 5.75. The van der Waals surface area contributed by atoms with Gasteiger partial charge in [0.2, 0.25) is 5.91 Å². The first-order chi connectivity index (χ1) is 13.5. The molecule has 0 heterocycles. The average Bonchev–Trinajstić information content (AvgIpc) is 2.66. The lowest BCUT2D eigenvalue weighted by atomic mass is 10.1. The molecule has 0 aliphatic carbocycles. The minimum Gasteiger partial charge on any atom is -0.494 e. The number of halogens is 2. The molecule has 5 nitrogen and oxygen atoms in total. The molecule has 0 saturated carbocycles. The summed E-state index contributed by atoms with van der Waals surface area (Å²) < 4.78 is 39.7. The van der Waals surface area contributed by atoms with Crippen LogP contribution in [0.15, 0.2) is 42.5 Å². The fourth-order valence-corrected chi connectivity index (χ4v) is 2.62. The molecule has 0 saturated heterocycles. The summed E-state index contributed by atoms with van der Waals surface area (Å²) in [6.07, 6.45) is 1.54. The minimum atomic E-state index is -2.91. The van der Waals surface area contributed by atoms with Crippen molar-refractivity contribution in [2.75, 3.05) is 20.3 Å². The van der Waals surface area contributed by atoms with E-state index in [0.29, 0.717) is 32.4 Å². The van der Waals surface area contributed by atoms with Crippen LogP contribution in [0.5, 0.6) is 17.2 Å². The van der Waals surface area contributed by atoms with Crippen LogP contribution in [-0.2, 0) is 11.2 Å². The Labute approximate surface area is 163 Å². The van der Waals surface area contributed by atoms with Crippen molar-refractivity contribution in [1.29, 1.82) is 0 Å². The van der Waals surface area contributed by atoms with E-state index < -0.39 is 6.61 Å². The van der Waals surface area contributed by atoms with Crippen LogP contribution in [0.4, 0.5) is 8.78 Å². The van der Waals surface area contributed by atoms with E-state index in [9.17, 15) is 13.6 Å². The lowest BCUT2D eigenvalue weighted by molar-refractivity contribution is -0.121. The maximum Gasteiger partial charge on any atom is 0.387 e. The molecular formula is C21H25F2NO4. The molecule has 0 unspecified atom stereocenters. The van der Waals surface area contributed by atoms with E-state index in [4.69, 9.17) is 9.47 Å². The Morgan fingerprint density at radius 2 is 1.96 bits per heavy atom. The number of aryl methyl sites for hydroxylation is 1. The molecule has 0 spiro atoms. The van der Waals surface area contributed by atoms with Crippen LogP contribution in [0.2, 0.25) is 0 Å². The Bertz CT molecular complexity index is 768. The fourth-order valence-electron chi connectivity index (χ4n) is 2.62. The smallest absolute Gasteiger partial charge is 0.387 e. The van der Waals surface area contributed by atoms with Gasteiger partial charge in [0.15, 0.2) is 11.5 Å². The maximum absolute atomic E-state index is 12.3. The van der Waals surface area contributed by atoms with Gasteiger partial charge in [-0.1, -0.05) is 18.2 Å². The van der Waals surface area contributed by atoms with Crippen molar-refractivity contribution in [3.63, 3.8) is 0 Å². The van der Waals surface area contributed by atoms with Gasteiger partial charge >= 0.3 is 6.61 Å². The summed E-state index contributed by atoms with van der Waals surface area (Å²) in [5.41, 5.74) is 1.97. The van der Waals surface area contributed by atoms with Crippen LogP contribution in [0.3, 0.4) is 0 Å². The molecular weight excluding hydrogens is 368 g/mol. The van der Waals surface area contributed by atoms with Gasteiger partial charge in [0.1, 0.15) is 5.75 Å².